The lowest BCUT2D eigenvalue weighted by molar-refractivity contribution is -0.128. The SMILES string of the molecule is O=C(Nc1ccc2c(c1)Cc1ccccc1-2)[C@H]1CC(=O)N(Cc2ccccc2)C1. The van der Waals surface area contributed by atoms with Gasteiger partial charge in [0.2, 0.25) is 11.8 Å². The third-order valence-corrected chi connectivity index (χ3v) is 5.86. The van der Waals surface area contributed by atoms with Crippen LogP contribution in [0, 0.1) is 5.92 Å². The van der Waals surface area contributed by atoms with Crippen LogP contribution in [0.3, 0.4) is 0 Å². The van der Waals surface area contributed by atoms with Crippen LogP contribution in [-0.2, 0) is 22.6 Å². The quantitative estimate of drug-likeness (QED) is 0.574. The van der Waals surface area contributed by atoms with E-state index in [0.29, 0.717) is 13.1 Å². The van der Waals surface area contributed by atoms with Crippen molar-refractivity contribution in [2.24, 2.45) is 5.92 Å². The summed E-state index contributed by atoms with van der Waals surface area (Å²) in [5.41, 5.74) is 6.96. The summed E-state index contributed by atoms with van der Waals surface area (Å²) in [4.78, 5) is 26.9. The third kappa shape index (κ3) is 3.42. The minimum atomic E-state index is -0.309. The maximum absolute atomic E-state index is 12.8. The fourth-order valence-electron chi connectivity index (χ4n) is 4.37. The van der Waals surface area contributed by atoms with Gasteiger partial charge < -0.3 is 10.2 Å². The Morgan fingerprint density at radius 1 is 0.931 bits per heavy atom. The van der Waals surface area contributed by atoms with Crippen LogP contribution in [-0.4, -0.2) is 23.3 Å². The van der Waals surface area contributed by atoms with Crippen LogP contribution >= 0.6 is 0 Å². The average Bonchev–Trinajstić information content (AvgIpc) is 3.29. The highest BCUT2D eigenvalue weighted by Gasteiger charge is 2.34. The second kappa shape index (κ2) is 7.21. The first-order valence-corrected chi connectivity index (χ1v) is 10.0. The van der Waals surface area contributed by atoms with Crippen LogP contribution in [0.1, 0.15) is 23.1 Å². The molecule has 4 nitrogen and oxygen atoms in total. The molecule has 2 aliphatic rings. The largest absolute Gasteiger partial charge is 0.338 e. The molecule has 3 aromatic rings. The van der Waals surface area contributed by atoms with Gasteiger partial charge in [0.05, 0.1) is 5.92 Å². The molecule has 0 unspecified atom stereocenters. The Hall–Kier alpha value is -3.40. The second-order valence-electron chi connectivity index (χ2n) is 7.86. The number of anilines is 1. The Bertz CT molecular complexity index is 1090. The number of likely N-dealkylation sites (tertiary alicyclic amines) is 1. The van der Waals surface area contributed by atoms with E-state index in [9.17, 15) is 9.59 Å². The number of fused-ring (bicyclic) bond motifs is 3. The molecule has 29 heavy (non-hydrogen) atoms. The first kappa shape index (κ1) is 17.7. The Labute approximate surface area is 170 Å². The number of carbonyl (C=O) groups is 2. The molecule has 1 aliphatic heterocycles. The van der Waals surface area contributed by atoms with Crippen molar-refractivity contribution in [1.29, 1.82) is 0 Å². The zero-order valence-electron chi connectivity index (χ0n) is 16.1. The number of hydrogen-bond acceptors (Lipinski definition) is 2. The summed E-state index contributed by atoms with van der Waals surface area (Å²) >= 11 is 0. The van der Waals surface area contributed by atoms with Crippen molar-refractivity contribution < 1.29 is 9.59 Å². The van der Waals surface area contributed by atoms with Crippen molar-refractivity contribution in [1.82, 2.24) is 4.90 Å². The molecule has 1 saturated heterocycles. The topological polar surface area (TPSA) is 49.4 Å². The normalized spacial score (nSPS) is 17.2. The van der Waals surface area contributed by atoms with Gasteiger partial charge in [0.25, 0.3) is 0 Å². The predicted molar refractivity (Wildman–Crippen MR) is 113 cm³/mol. The third-order valence-electron chi connectivity index (χ3n) is 5.86. The molecule has 0 spiro atoms. The highest BCUT2D eigenvalue weighted by Crippen LogP contribution is 2.37. The molecule has 5 rings (SSSR count). The van der Waals surface area contributed by atoms with Crippen molar-refractivity contribution in [2.45, 2.75) is 19.4 Å². The zero-order chi connectivity index (χ0) is 19.8. The molecule has 0 bridgehead atoms. The smallest absolute Gasteiger partial charge is 0.229 e. The van der Waals surface area contributed by atoms with Crippen LogP contribution in [0.15, 0.2) is 72.8 Å². The first-order valence-electron chi connectivity index (χ1n) is 10.0. The van der Waals surface area contributed by atoms with Crippen molar-refractivity contribution in [3.8, 4) is 11.1 Å². The molecular formula is C25H22N2O2. The van der Waals surface area contributed by atoms with Crippen LogP contribution in [0.2, 0.25) is 0 Å². The van der Waals surface area contributed by atoms with Gasteiger partial charge in [0, 0.05) is 25.2 Å². The first-order chi connectivity index (χ1) is 14.2. The van der Waals surface area contributed by atoms with Crippen LogP contribution in [0.4, 0.5) is 5.69 Å². The summed E-state index contributed by atoms with van der Waals surface area (Å²) in [6, 6.07) is 24.4. The van der Waals surface area contributed by atoms with E-state index in [1.807, 2.05) is 36.4 Å². The number of hydrogen-bond donors (Lipinski definition) is 1. The van der Waals surface area contributed by atoms with E-state index in [1.54, 1.807) is 4.90 Å². The predicted octanol–water partition coefficient (Wildman–Crippen LogP) is 4.25. The number of amides is 2. The zero-order valence-corrected chi connectivity index (χ0v) is 16.1. The molecule has 1 heterocycles. The van der Waals surface area contributed by atoms with E-state index in [-0.39, 0.29) is 24.2 Å². The Kier molecular flexibility index (Phi) is 4.39. The monoisotopic (exact) mass is 382 g/mol. The lowest BCUT2D eigenvalue weighted by atomic mass is 10.0. The number of nitrogens with zero attached hydrogens (tertiary/aromatic N) is 1. The summed E-state index contributed by atoms with van der Waals surface area (Å²) in [6.07, 6.45) is 1.16. The number of benzene rings is 3. The lowest BCUT2D eigenvalue weighted by Gasteiger charge is -2.17. The summed E-state index contributed by atoms with van der Waals surface area (Å²) in [5.74, 6) is -0.348. The molecule has 1 atom stereocenters. The lowest BCUT2D eigenvalue weighted by Crippen LogP contribution is -2.28. The van der Waals surface area contributed by atoms with Gasteiger partial charge in [-0.15, -0.1) is 0 Å². The van der Waals surface area contributed by atoms with E-state index in [4.69, 9.17) is 0 Å². The molecule has 0 radical (unpaired) electrons. The van der Waals surface area contributed by atoms with Crippen molar-refractivity contribution in [3.63, 3.8) is 0 Å². The summed E-state index contributed by atoms with van der Waals surface area (Å²) in [5, 5.41) is 3.03. The highest BCUT2D eigenvalue weighted by molar-refractivity contribution is 5.97. The van der Waals surface area contributed by atoms with Gasteiger partial charge >= 0.3 is 0 Å². The molecule has 2 amide bonds. The molecule has 4 heteroatoms. The molecule has 0 aromatic heterocycles. The number of nitrogens with one attached hydrogen (secondary N) is 1. The second-order valence-corrected chi connectivity index (χ2v) is 7.86. The van der Waals surface area contributed by atoms with E-state index in [0.717, 1.165) is 17.7 Å². The number of rotatable bonds is 4. The van der Waals surface area contributed by atoms with Crippen LogP contribution in [0.5, 0.6) is 0 Å². The highest BCUT2D eigenvalue weighted by atomic mass is 16.2. The van der Waals surface area contributed by atoms with Gasteiger partial charge in [-0.2, -0.15) is 0 Å². The molecule has 144 valence electrons. The van der Waals surface area contributed by atoms with Crippen molar-refractivity contribution in [3.05, 3.63) is 89.5 Å². The number of carbonyl (C=O) groups excluding carboxylic acids is 2. The van der Waals surface area contributed by atoms with E-state index >= 15 is 0 Å². The molecule has 0 saturated carbocycles. The van der Waals surface area contributed by atoms with E-state index in [2.05, 4.69) is 41.7 Å². The van der Waals surface area contributed by atoms with Gasteiger partial charge in [-0.1, -0.05) is 60.7 Å². The summed E-state index contributed by atoms with van der Waals surface area (Å²) in [6.45, 7) is 1.02. The van der Waals surface area contributed by atoms with Gasteiger partial charge in [-0.25, -0.2) is 0 Å². The van der Waals surface area contributed by atoms with Gasteiger partial charge in [-0.05, 0) is 46.4 Å². The fraction of sp³-hybridized carbons (Fsp3) is 0.200. The maximum Gasteiger partial charge on any atom is 0.229 e. The van der Waals surface area contributed by atoms with Crippen molar-refractivity contribution in [2.75, 3.05) is 11.9 Å². The average molecular weight is 382 g/mol. The maximum atomic E-state index is 12.8. The standard InChI is InChI=1S/C25H22N2O2/c28-24-14-20(16-27(24)15-17-6-2-1-3-7-17)25(29)26-21-10-11-23-19(13-21)12-18-8-4-5-9-22(18)23/h1-11,13,20H,12,14-16H2,(H,26,29)/t20-/m0/s1. The Morgan fingerprint density at radius 2 is 1.69 bits per heavy atom. The Balaban J connectivity index is 1.26. The molecule has 1 aliphatic carbocycles. The minimum absolute atomic E-state index is 0.0402. The molecule has 3 aromatic carbocycles. The fourth-order valence-corrected chi connectivity index (χ4v) is 4.37. The molecule has 1 fully saturated rings. The van der Waals surface area contributed by atoms with Gasteiger partial charge in [0.1, 0.15) is 0 Å². The van der Waals surface area contributed by atoms with E-state index in [1.165, 1.54) is 22.3 Å². The minimum Gasteiger partial charge on any atom is -0.338 e. The van der Waals surface area contributed by atoms with E-state index < -0.39 is 0 Å². The Morgan fingerprint density at radius 3 is 2.55 bits per heavy atom. The van der Waals surface area contributed by atoms with Gasteiger partial charge in [0.15, 0.2) is 0 Å². The summed E-state index contributed by atoms with van der Waals surface area (Å²) < 4.78 is 0. The van der Waals surface area contributed by atoms with Crippen LogP contribution < -0.4 is 5.32 Å². The van der Waals surface area contributed by atoms with Crippen LogP contribution in [0.25, 0.3) is 11.1 Å². The molecule has 1 N–H and O–H groups in total. The summed E-state index contributed by atoms with van der Waals surface area (Å²) in [7, 11) is 0. The van der Waals surface area contributed by atoms with Crippen molar-refractivity contribution >= 4 is 17.5 Å². The van der Waals surface area contributed by atoms with Gasteiger partial charge in [-0.3, -0.25) is 9.59 Å². The molecular weight excluding hydrogens is 360 g/mol.